The molecule has 1 aromatic carbocycles. The Bertz CT molecular complexity index is 457. The van der Waals surface area contributed by atoms with Crippen LogP contribution in [0.3, 0.4) is 0 Å². The van der Waals surface area contributed by atoms with E-state index in [1.54, 1.807) is 18.2 Å². The molecule has 0 amide bonds. The third kappa shape index (κ3) is 1.35. The molecule has 0 fully saturated rings. The minimum absolute atomic E-state index is 0.0972. The number of nitrogens with one attached hydrogen (secondary N) is 1. The fourth-order valence-corrected chi connectivity index (χ4v) is 1.61. The monoisotopic (exact) mass is 215 g/mol. The summed E-state index contributed by atoms with van der Waals surface area (Å²) in [5, 5.41) is 13.3. The van der Waals surface area contributed by atoms with Crippen LogP contribution in [-0.2, 0) is 0 Å². The number of hydroxylamine groups is 1. The highest BCUT2D eigenvalue weighted by molar-refractivity contribution is 6.47. The summed E-state index contributed by atoms with van der Waals surface area (Å²) >= 11 is 11.6. The van der Waals surface area contributed by atoms with Crippen LogP contribution in [0.1, 0.15) is 0 Å². The van der Waals surface area contributed by atoms with Crippen molar-refractivity contribution in [2.24, 2.45) is 0 Å². The molecule has 1 aliphatic heterocycles. The van der Waals surface area contributed by atoms with Gasteiger partial charge in [0, 0.05) is 10.4 Å². The highest BCUT2D eigenvalue weighted by atomic mass is 35.5. The molecule has 0 saturated heterocycles. The summed E-state index contributed by atoms with van der Waals surface area (Å²) < 4.78 is 0. The fraction of sp³-hybridized carbons (Fsp3) is 0. The predicted molar refractivity (Wildman–Crippen MR) is 52.6 cm³/mol. The van der Waals surface area contributed by atoms with Gasteiger partial charge in [0.15, 0.2) is 0 Å². The van der Waals surface area contributed by atoms with Gasteiger partial charge in [-0.3, -0.25) is 5.43 Å². The van der Waals surface area contributed by atoms with Crippen molar-refractivity contribution >= 4 is 33.5 Å². The summed E-state index contributed by atoms with van der Waals surface area (Å²) in [6, 6.07) is 7.16. The lowest BCUT2D eigenvalue weighted by atomic mass is 10.2. The molecule has 0 spiro atoms. The molecule has 0 saturated carbocycles. The number of hydrogen-bond acceptors (Lipinski definition) is 3. The van der Waals surface area contributed by atoms with Crippen LogP contribution in [0.25, 0.3) is 10.3 Å². The van der Waals surface area contributed by atoms with Crippen molar-refractivity contribution in [3.63, 3.8) is 0 Å². The van der Waals surface area contributed by atoms with Gasteiger partial charge in [-0.15, -0.1) is 0 Å². The Hall–Kier alpha value is -0.900. The maximum Gasteiger partial charge on any atom is 0.128 e. The van der Waals surface area contributed by atoms with Gasteiger partial charge in [0.05, 0.1) is 0 Å². The Balaban J connectivity index is 2.91. The second-order valence-corrected chi connectivity index (χ2v) is 3.29. The van der Waals surface area contributed by atoms with Crippen LogP contribution in [0.4, 0.5) is 0 Å². The molecule has 0 aliphatic carbocycles. The predicted octanol–water partition coefficient (Wildman–Crippen LogP) is 0.614. The Morgan fingerprint density at radius 2 is 1.77 bits per heavy atom. The lowest BCUT2D eigenvalue weighted by molar-refractivity contribution is 0.477. The van der Waals surface area contributed by atoms with Crippen molar-refractivity contribution < 1.29 is 0 Å². The lowest BCUT2D eigenvalue weighted by Gasteiger charge is -2.32. The maximum atomic E-state index is 11.1. The first kappa shape index (κ1) is 8.69. The third-order valence-corrected chi connectivity index (χ3v) is 2.41. The molecule has 1 N–H and O–H groups in total. The quantitative estimate of drug-likeness (QED) is 0.646. The largest absolute Gasteiger partial charge is 0.738 e. The summed E-state index contributed by atoms with van der Waals surface area (Å²) in [6.07, 6.45) is 0. The highest BCUT2D eigenvalue weighted by Gasteiger charge is 2.07. The molecule has 1 aliphatic rings. The Morgan fingerprint density at radius 3 is 2.46 bits per heavy atom. The van der Waals surface area contributed by atoms with Crippen molar-refractivity contribution in [3.05, 3.63) is 39.9 Å². The second-order valence-electron chi connectivity index (χ2n) is 2.56. The molecule has 0 radical (unpaired) electrons. The van der Waals surface area contributed by atoms with Gasteiger partial charge in [-0.2, -0.15) is 0 Å². The molecule has 0 aromatic heterocycles. The van der Waals surface area contributed by atoms with E-state index in [1.807, 2.05) is 6.07 Å². The van der Waals surface area contributed by atoms with Crippen molar-refractivity contribution in [2.75, 3.05) is 0 Å². The van der Waals surface area contributed by atoms with Crippen molar-refractivity contribution in [1.82, 2.24) is 10.6 Å². The van der Waals surface area contributed by atoms with E-state index in [4.69, 9.17) is 23.2 Å². The molecule has 2 rings (SSSR count). The average molecular weight is 216 g/mol. The number of rotatable bonds is 0. The van der Waals surface area contributed by atoms with Crippen molar-refractivity contribution in [2.45, 2.75) is 0 Å². The van der Waals surface area contributed by atoms with E-state index in [1.165, 1.54) is 0 Å². The molecule has 3 nitrogen and oxygen atoms in total. The van der Waals surface area contributed by atoms with Gasteiger partial charge in [-0.05, 0) is 0 Å². The van der Waals surface area contributed by atoms with Gasteiger partial charge in [-0.1, -0.05) is 47.5 Å². The van der Waals surface area contributed by atoms with Gasteiger partial charge in [0.1, 0.15) is 10.3 Å². The minimum Gasteiger partial charge on any atom is -0.738 e. The van der Waals surface area contributed by atoms with Crippen molar-refractivity contribution in [1.29, 1.82) is 0 Å². The van der Waals surface area contributed by atoms with E-state index in [2.05, 4.69) is 5.43 Å². The summed E-state index contributed by atoms with van der Waals surface area (Å²) in [5.74, 6) is 0. The van der Waals surface area contributed by atoms with Crippen LogP contribution in [0.2, 0.25) is 0 Å². The Kier molecular flexibility index (Phi) is 2.07. The number of nitrogens with zero attached hydrogens (tertiary/aromatic N) is 1. The number of benzene rings is 1. The van der Waals surface area contributed by atoms with E-state index in [-0.39, 0.29) is 10.3 Å². The normalized spacial score (nSPS) is 15.5. The smallest absolute Gasteiger partial charge is 0.128 e. The molecule has 13 heavy (non-hydrogen) atoms. The third-order valence-electron chi connectivity index (χ3n) is 1.76. The van der Waals surface area contributed by atoms with Gasteiger partial charge in [-0.25, -0.2) is 0 Å². The molecule has 1 aromatic rings. The Labute approximate surface area is 84.4 Å². The van der Waals surface area contributed by atoms with Crippen LogP contribution >= 0.6 is 23.2 Å². The highest BCUT2D eigenvalue weighted by Crippen LogP contribution is 2.09. The zero-order valence-electron chi connectivity index (χ0n) is 6.42. The lowest BCUT2D eigenvalue weighted by Crippen LogP contribution is -2.44. The van der Waals surface area contributed by atoms with E-state index < -0.39 is 0 Å². The van der Waals surface area contributed by atoms with Crippen LogP contribution in [0, 0.1) is 5.21 Å². The molecular formula is C8H5Cl2N2O-. The molecule has 5 heteroatoms. The van der Waals surface area contributed by atoms with Gasteiger partial charge in [0.25, 0.3) is 0 Å². The van der Waals surface area contributed by atoms with Crippen LogP contribution in [0.15, 0.2) is 24.3 Å². The topological polar surface area (TPSA) is 38.3 Å². The molecule has 0 bridgehead atoms. The fourth-order valence-electron chi connectivity index (χ4n) is 1.16. The first-order valence-corrected chi connectivity index (χ1v) is 4.34. The van der Waals surface area contributed by atoms with E-state index in [9.17, 15) is 5.21 Å². The Morgan fingerprint density at radius 1 is 1.15 bits per heavy atom. The van der Waals surface area contributed by atoms with Gasteiger partial charge in [0.2, 0.25) is 0 Å². The van der Waals surface area contributed by atoms with E-state index >= 15 is 0 Å². The number of hydrazine groups is 1. The summed E-state index contributed by atoms with van der Waals surface area (Å²) in [6.45, 7) is 0. The average Bonchev–Trinajstić information content (AvgIpc) is 2.15. The van der Waals surface area contributed by atoms with Crippen molar-refractivity contribution in [3.8, 4) is 0 Å². The van der Waals surface area contributed by atoms with Crippen LogP contribution < -0.4 is 15.9 Å². The number of fused-ring (bicyclic) bond motifs is 1. The molecule has 0 atom stereocenters. The zero-order valence-corrected chi connectivity index (χ0v) is 7.93. The van der Waals surface area contributed by atoms with E-state index in [0.29, 0.717) is 10.4 Å². The molecule has 0 unspecified atom stereocenters. The van der Waals surface area contributed by atoms with Crippen LogP contribution in [-0.4, -0.2) is 5.17 Å². The zero-order chi connectivity index (χ0) is 9.42. The number of halogens is 2. The first-order chi connectivity index (χ1) is 6.20. The molecule has 68 valence electrons. The second kappa shape index (κ2) is 3.10. The molecular weight excluding hydrogens is 211 g/mol. The van der Waals surface area contributed by atoms with Gasteiger partial charge >= 0.3 is 0 Å². The molecule has 1 heterocycles. The summed E-state index contributed by atoms with van der Waals surface area (Å²) in [5.41, 5.74) is 2.38. The standard InChI is InChI=1S/C8H5Cl2N2O/c9-7-5-3-1-2-4-6(5)8(10)12(13)11-7/h1-4,11H/q-1. The maximum absolute atomic E-state index is 11.1. The summed E-state index contributed by atoms with van der Waals surface area (Å²) in [4.78, 5) is 0. The first-order valence-electron chi connectivity index (χ1n) is 3.59. The van der Waals surface area contributed by atoms with E-state index in [0.717, 1.165) is 5.22 Å². The van der Waals surface area contributed by atoms with Gasteiger partial charge < -0.3 is 10.4 Å². The van der Waals surface area contributed by atoms with Crippen LogP contribution in [0.5, 0.6) is 0 Å². The minimum atomic E-state index is 0.0972. The summed E-state index contributed by atoms with van der Waals surface area (Å²) in [7, 11) is 0. The SMILES string of the molecule is [O-]N1NC(Cl)=c2ccccc2=C1Cl. The number of hydrogen-bond donors (Lipinski definition) is 1.